The molecule has 0 radical (unpaired) electrons. The van der Waals surface area contributed by atoms with Crippen molar-refractivity contribution < 1.29 is 101 Å². The van der Waals surface area contributed by atoms with Crippen LogP contribution < -0.4 is 78.6 Å². The quantitative estimate of drug-likeness (QED) is 0.192. The van der Waals surface area contributed by atoms with Gasteiger partial charge in [0, 0.05) is 17.6 Å². The maximum atomic E-state index is 11.3. The van der Waals surface area contributed by atoms with Crippen molar-refractivity contribution in [1.29, 1.82) is 0 Å². The third-order valence-corrected chi connectivity index (χ3v) is 4.80. The Hall–Kier alpha value is -1.01. The number of aliphatic hydroxyl groups is 1. The number of rotatable bonds is 10. The van der Waals surface area contributed by atoms with E-state index in [2.05, 4.69) is 5.32 Å². The second-order valence-electron chi connectivity index (χ2n) is 7.15. The number of hydrogen-bond donors (Lipinski definition) is 4. The van der Waals surface area contributed by atoms with Crippen LogP contribution in [0.2, 0.25) is 5.02 Å². The monoisotopic (exact) mass is 499 g/mol. The number of ether oxygens (including phenoxy) is 3. The minimum absolute atomic E-state index is 0. The van der Waals surface area contributed by atoms with Crippen molar-refractivity contribution in [1.82, 2.24) is 5.32 Å². The summed E-state index contributed by atoms with van der Waals surface area (Å²) in [6.07, 6.45) is -0.226. The summed E-state index contributed by atoms with van der Waals surface area (Å²) in [4.78, 5) is 22.6. The van der Waals surface area contributed by atoms with E-state index >= 15 is 0 Å². The summed E-state index contributed by atoms with van der Waals surface area (Å²) in [7, 11) is 0. The van der Waals surface area contributed by atoms with Crippen molar-refractivity contribution in [2.75, 3.05) is 13.2 Å². The minimum Gasteiger partial charge on any atom is -1.00 e. The zero-order valence-electron chi connectivity index (χ0n) is 20.6. The first-order valence-electron chi connectivity index (χ1n) is 9.47. The van der Waals surface area contributed by atoms with Crippen LogP contribution in [0.5, 0.6) is 17.2 Å². The molecule has 0 aliphatic carbocycles. The molecule has 0 spiro atoms. The van der Waals surface area contributed by atoms with Crippen molar-refractivity contribution in [2.45, 2.75) is 31.3 Å². The van der Waals surface area contributed by atoms with Gasteiger partial charge in [-0.05, 0) is 49.2 Å². The molecular formula is C21H24ClNNa2O8. The van der Waals surface area contributed by atoms with Gasteiger partial charge in [0.1, 0.15) is 18.5 Å². The molecule has 1 aliphatic rings. The van der Waals surface area contributed by atoms with Crippen LogP contribution in [0.3, 0.4) is 0 Å². The van der Waals surface area contributed by atoms with Gasteiger partial charge < -0.3 is 37.7 Å². The third-order valence-electron chi connectivity index (χ3n) is 4.56. The molecule has 3 rings (SSSR count). The Morgan fingerprint density at radius 1 is 1.12 bits per heavy atom. The number of aliphatic hydroxyl groups excluding tert-OH is 1. The summed E-state index contributed by atoms with van der Waals surface area (Å²) in [6.45, 7) is 2.29. The van der Waals surface area contributed by atoms with Gasteiger partial charge in [-0.1, -0.05) is 23.7 Å². The predicted octanol–water partition coefficient (Wildman–Crippen LogP) is -3.83. The maximum absolute atomic E-state index is 11.3. The van der Waals surface area contributed by atoms with E-state index in [-0.39, 0.29) is 92.7 Å². The van der Waals surface area contributed by atoms with E-state index in [0.717, 1.165) is 5.56 Å². The van der Waals surface area contributed by atoms with Crippen LogP contribution in [0.25, 0.3) is 0 Å². The fraction of sp³-hybridized carbons (Fsp3) is 0.333. The van der Waals surface area contributed by atoms with Gasteiger partial charge in [0.25, 0.3) is 0 Å². The van der Waals surface area contributed by atoms with E-state index in [4.69, 9.17) is 25.8 Å². The zero-order valence-corrected chi connectivity index (χ0v) is 23.3. The number of aliphatic carboxylic acids is 2. The Kier molecular flexibility index (Phi) is 12.0. The largest absolute Gasteiger partial charge is 1.00 e. The molecule has 9 nitrogen and oxygen atoms in total. The first-order chi connectivity index (χ1) is 14.7. The second kappa shape index (κ2) is 13.2. The molecule has 0 amide bonds. The van der Waals surface area contributed by atoms with Crippen LogP contribution >= 0.6 is 11.6 Å². The van der Waals surface area contributed by atoms with Gasteiger partial charge in [-0.15, -0.1) is 0 Å². The Morgan fingerprint density at radius 3 is 2.42 bits per heavy atom. The number of hydrogen-bond acceptors (Lipinski definition) is 7. The van der Waals surface area contributed by atoms with E-state index in [1.165, 1.54) is 6.07 Å². The summed E-state index contributed by atoms with van der Waals surface area (Å²) < 4.78 is 15.7. The number of fused-ring (bicyclic) bond motifs is 1. The smallest absolute Gasteiger partial charge is 1.00 e. The summed E-state index contributed by atoms with van der Waals surface area (Å²) >= 11 is 5.89. The zero-order chi connectivity index (χ0) is 22.6. The van der Waals surface area contributed by atoms with Crippen LogP contribution in [0.15, 0.2) is 42.5 Å². The maximum Gasteiger partial charge on any atom is 1.00 e. The SMILES string of the molecule is CC(Cc1ccc2c(c1)OC(C(=O)O)(C(=O)O)O2)NCC(O)COc1cccc(Cl)c1.[H-].[H-].[Na+].[Na+]. The number of halogens is 1. The van der Waals surface area contributed by atoms with Crippen LogP contribution in [0, 0.1) is 0 Å². The first kappa shape index (κ1) is 30.0. The van der Waals surface area contributed by atoms with Crippen molar-refractivity contribution in [3.05, 3.63) is 53.1 Å². The van der Waals surface area contributed by atoms with Crippen molar-refractivity contribution in [2.24, 2.45) is 0 Å². The van der Waals surface area contributed by atoms with E-state index < -0.39 is 23.8 Å². The van der Waals surface area contributed by atoms with Gasteiger partial charge in [0.2, 0.25) is 0 Å². The molecule has 1 heterocycles. The fourth-order valence-electron chi connectivity index (χ4n) is 3.01. The molecule has 2 unspecified atom stereocenters. The predicted molar refractivity (Wildman–Crippen MR) is 112 cm³/mol. The average molecular weight is 500 g/mol. The summed E-state index contributed by atoms with van der Waals surface area (Å²) in [5.74, 6) is -5.62. The number of benzene rings is 2. The standard InChI is InChI=1S/C21H22ClNO8.2Na.2H/c1-12(23-10-15(24)11-29-16-4-2-3-14(22)9-16)7-13-5-6-17-18(8-13)31-21(30-17,19(25)26)20(27)28;;;;/h2-6,8-9,12,15,23-24H,7,10-11H2,1H3,(H,25,26)(H,27,28);;;;/q;2*+1;2*-1. The number of carbonyl (C=O) groups is 2. The van der Waals surface area contributed by atoms with Crippen molar-refractivity contribution in [3.8, 4) is 17.2 Å². The molecule has 33 heavy (non-hydrogen) atoms. The summed E-state index contributed by atoms with van der Waals surface area (Å²) in [5, 5.41) is 32.2. The Labute approximate surface area is 242 Å². The van der Waals surface area contributed by atoms with E-state index in [1.807, 2.05) is 6.92 Å². The van der Waals surface area contributed by atoms with Crippen LogP contribution in [-0.2, 0) is 16.0 Å². The molecule has 0 bridgehead atoms. The minimum atomic E-state index is -2.78. The molecule has 1 aliphatic heterocycles. The normalized spacial score (nSPS) is 14.9. The van der Waals surface area contributed by atoms with Crippen molar-refractivity contribution >= 4 is 23.5 Å². The van der Waals surface area contributed by atoms with E-state index in [9.17, 15) is 24.9 Å². The molecule has 4 N–H and O–H groups in total. The molecule has 0 saturated carbocycles. The average Bonchev–Trinajstić information content (AvgIpc) is 3.11. The van der Waals surface area contributed by atoms with E-state index in [0.29, 0.717) is 17.2 Å². The molecule has 2 atom stereocenters. The van der Waals surface area contributed by atoms with E-state index in [1.54, 1.807) is 36.4 Å². The topological polar surface area (TPSA) is 135 Å². The number of carboxylic acids is 2. The third kappa shape index (κ3) is 7.74. The number of carboxylic acid groups (broad SMARTS) is 2. The first-order valence-corrected chi connectivity index (χ1v) is 9.85. The summed E-state index contributed by atoms with van der Waals surface area (Å²) in [5.41, 5.74) is 0.776. The van der Waals surface area contributed by atoms with Gasteiger partial charge >= 0.3 is 76.8 Å². The van der Waals surface area contributed by atoms with Crippen molar-refractivity contribution in [3.63, 3.8) is 0 Å². The fourth-order valence-corrected chi connectivity index (χ4v) is 3.19. The van der Waals surface area contributed by atoms with Crippen LogP contribution in [0.4, 0.5) is 0 Å². The summed E-state index contributed by atoms with van der Waals surface area (Å²) in [6, 6.07) is 11.5. The Morgan fingerprint density at radius 2 is 1.79 bits per heavy atom. The van der Waals surface area contributed by atoms with Gasteiger partial charge in [-0.25, -0.2) is 9.59 Å². The molecule has 0 fully saturated rings. The van der Waals surface area contributed by atoms with Gasteiger partial charge in [0.15, 0.2) is 11.5 Å². The molecule has 0 aromatic heterocycles. The molecule has 170 valence electrons. The van der Waals surface area contributed by atoms with Gasteiger partial charge in [-0.3, -0.25) is 0 Å². The van der Waals surface area contributed by atoms with Crippen LogP contribution in [0.1, 0.15) is 15.3 Å². The van der Waals surface area contributed by atoms with Crippen LogP contribution in [-0.4, -0.2) is 58.3 Å². The van der Waals surface area contributed by atoms with Gasteiger partial charge in [-0.2, -0.15) is 0 Å². The second-order valence-corrected chi connectivity index (χ2v) is 7.58. The molecule has 0 saturated heterocycles. The molecule has 2 aromatic rings. The molecule has 2 aromatic carbocycles. The Balaban J connectivity index is 0. The Bertz CT molecular complexity index is 974. The molecular weight excluding hydrogens is 476 g/mol. The number of nitrogens with one attached hydrogen (secondary N) is 1. The molecule has 12 heteroatoms. The van der Waals surface area contributed by atoms with Gasteiger partial charge in [0.05, 0.1) is 0 Å².